The van der Waals surface area contributed by atoms with Crippen molar-refractivity contribution in [3.8, 4) is 0 Å². The fourth-order valence-electron chi connectivity index (χ4n) is 1.59. The molecule has 1 aromatic rings. The highest BCUT2D eigenvalue weighted by Crippen LogP contribution is 2.34. The number of alkyl halides is 3. The summed E-state index contributed by atoms with van der Waals surface area (Å²) in [4.78, 5) is 0. The van der Waals surface area contributed by atoms with E-state index in [4.69, 9.17) is 0 Å². The summed E-state index contributed by atoms with van der Waals surface area (Å²) in [6, 6.07) is 4.19. The number of benzene rings is 1. The van der Waals surface area contributed by atoms with Crippen LogP contribution in [0.5, 0.6) is 0 Å². The van der Waals surface area contributed by atoms with Crippen LogP contribution in [0.4, 0.5) is 13.2 Å². The zero-order valence-corrected chi connectivity index (χ0v) is 8.94. The van der Waals surface area contributed by atoms with Crippen molar-refractivity contribution in [2.45, 2.75) is 26.1 Å². The van der Waals surface area contributed by atoms with Crippen LogP contribution >= 0.6 is 0 Å². The molecule has 0 aliphatic heterocycles. The Balaban J connectivity index is 3.23. The van der Waals surface area contributed by atoms with E-state index in [-0.39, 0.29) is 6.04 Å². The fourth-order valence-corrected chi connectivity index (χ4v) is 1.59. The quantitative estimate of drug-likeness (QED) is 0.801. The third-order valence-electron chi connectivity index (χ3n) is 2.58. The van der Waals surface area contributed by atoms with Crippen LogP contribution < -0.4 is 5.32 Å². The van der Waals surface area contributed by atoms with E-state index >= 15 is 0 Å². The van der Waals surface area contributed by atoms with Crippen LogP contribution in [0.15, 0.2) is 18.2 Å². The second-order valence-corrected chi connectivity index (χ2v) is 3.53. The minimum absolute atomic E-state index is 0.0766. The van der Waals surface area contributed by atoms with E-state index in [9.17, 15) is 13.2 Å². The normalized spacial score (nSPS) is 14.0. The fraction of sp³-hybridized carbons (Fsp3) is 0.455. The molecule has 0 bridgehead atoms. The van der Waals surface area contributed by atoms with Crippen LogP contribution in [0.2, 0.25) is 0 Å². The van der Waals surface area contributed by atoms with Gasteiger partial charge in [0.2, 0.25) is 0 Å². The van der Waals surface area contributed by atoms with Crippen molar-refractivity contribution >= 4 is 0 Å². The van der Waals surface area contributed by atoms with Crippen molar-refractivity contribution < 1.29 is 13.2 Å². The average Bonchev–Trinajstić information content (AvgIpc) is 2.15. The predicted molar refractivity (Wildman–Crippen MR) is 53.7 cm³/mol. The second kappa shape index (κ2) is 4.23. The smallest absolute Gasteiger partial charge is 0.313 e. The topological polar surface area (TPSA) is 12.0 Å². The summed E-state index contributed by atoms with van der Waals surface area (Å²) in [5, 5.41) is 2.93. The number of rotatable bonds is 2. The van der Waals surface area contributed by atoms with Gasteiger partial charge in [-0.2, -0.15) is 13.2 Å². The molecule has 0 aliphatic rings. The molecule has 1 rings (SSSR count). The second-order valence-electron chi connectivity index (χ2n) is 3.53. The molecule has 0 fully saturated rings. The molecule has 15 heavy (non-hydrogen) atoms. The van der Waals surface area contributed by atoms with E-state index in [1.807, 2.05) is 6.92 Å². The minimum Gasteiger partial charge on any atom is -0.313 e. The third-order valence-corrected chi connectivity index (χ3v) is 2.58. The van der Waals surface area contributed by atoms with E-state index in [2.05, 4.69) is 5.32 Å². The molecule has 4 heteroatoms. The van der Waals surface area contributed by atoms with Gasteiger partial charge in [0.15, 0.2) is 0 Å². The van der Waals surface area contributed by atoms with Gasteiger partial charge in [0, 0.05) is 6.04 Å². The van der Waals surface area contributed by atoms with Crippen molar-refractivity contribution in [1.29, 1.82) is 0 Å². The molecule has 1 N–H and O–H groups in total. The van der Waals surface area contributed by atoms with Crippen molar-refractivity contribution in [1.82, 2.24) is 5.32 Å². The van der Waals surface area contributed by atoms with Crippen molar-refractivity contribution in [3.05, 3.63) is 34.9 Å². The highest BCUT2D eigenvalue weighted by atomic mass is 19.4. The van der Waals surface area contributed by atoms with Gasteiger partial charge in [0.05, 0.1) is 5.56 Å². The summed E-state index contributed by atoms with van der Waals surface area (Å²) in [6.07, 6.45) is -4.27. The van der Waals surface area contributed by atoms with Crippen molar-refractivity contribution in [3.63, 3.8) is 0 Å². The Labute approximate surface area is 87.3 Å². The third kappa shape index (κ3) is 2.50. The van der Waals surface area contributed by atoms with E-state index in [1.54, 1.807) is 13.1 Å². The lowest BCUT2D eigenvalue weighted by atomic mass is 9.97. The highest BCUT2D eigenvalue weighted by molar-refractivity contribution is 5.37. The summed E-state index contributed by atoms with van der Waals surface area (Å²) >= 11 is 0. The van der Waals surface area contributed by atoms with Gasteiger partial charge in [-0.3, -0.25) is 0 Å². The molecule has 1 nitrogen and oxygen atoms in total. The first-order valence-corrected chi connectivity index (χ1v) is 4.72. The Morgan fingerprint density at radius 1 is 1.27 bits per heavy atom. The molecular formula is C11H14F3N. The van der Waals surface area contributed by atoms with Crippen molar-refractivity contribution in [2.24, 2.45) is 0 Å². The molecule has 0 saturated heterocycles. The van der Waals surface area contributed by atoms with Crippen molar-refractivity contribution in [2.75, 3.05) is 7.05 Å². The largest absolute Gasteiger partial charge is 0.416 e. The molecule has 1 atom stereocenters. The molecule has 0 aliphatic carbocycles. The van der Waals surface area contributed by atoms with E-state index in [0.717, 1.165) is 6.07 Å². The first kappa shape index (κ1) is 12.0. The zero-order chi connectivity index (χ0) is 11.6. The summed E-state index contributed by atoms with van der Waals surface area (Å²) in [5.74, 6) is 0. The first-order valence-electron chi connectivity index (χ1n) is 4.72. The van der Waals surface area contributed by atoms with Crippen LogP contribution in [0.25, 0.3) is 0 Å². The van der Waals surface area contributed by atoms with Gasteiger partial charge < -0.3 is 5.32 Å². The predicted octanol–water partition coefficient (Wildman–Crippen LogP) is 3.29. The molecular weight excluding hydrogens is 203 g/mol. The van der Waals surface area contributed by atoms with Gasteiger partial charge in [-0.25, -0.2) is 0 Å². The zero-order valence-electron chi connectivity index (χ0n) is 8.94. The molecule has 0 heterocycles. The standard InChI is InChI=1S/C11H14F3N/c1-7-9(8(2)15-3)5-4-6-10(7)11(12,13)14/h4-6,8,15H,1-3H3/t8-/m1/s1. The summed E-state index contributed by atoms with van der Waals surface area (Å²) in [6.45, 7) is 3.34. The van der Waals surface area contributed by atoms with Gasteiger partial charge in [0.25, 0.3) is 0 Å². The number of nitrogens with one attached hydrogen (secondary N) is 1. The SMILES string of the molecule is CN[C@H](C)c1cccc(C(F)(F)F)c1C. The van der Waals surface area contributed by atoms with Crippen LogP contribution in [0, 0.1) is 6.92 Å². The highest BCUT2D eigenvalue weighted by Gasteiger charge is 2.33. The molecule has 84 valence electrons. The summed E-state index contributed by atoms with van der Waals surface area (Å²) in [5.41, 5.74) is 0.432. The monoisotopic (exact) mass is 217 g/mol. The maximum absolute atomic E-state index is 12.6. The number of hydrogen-bond acceptors (Lipinski definition) is 1. The molecule has 0 radical (unpaired) electrons. The van der Waals surface area contributed by atoms with Gasteiger partial charge >= 0.3 is 6.18 Å². The molecule has 1 aromatic carbocycles. The van der Waals surface area contributed by atoms with E-state index < -0.39 is 11.7 Å². The molecule has 0 spiro atoms. The number of hydrogen-bond donors (Lipinski definition) is 1. The summed E-state index contributed by atoms with van der Waals surface area (Å²) < 4.78 is 37.7. The van der Waals surface area contributed by atoms with Gasteiger partial charge in [-0.1, -0.05) is 12.1 Å². The first-order chi connectivity index (χ1) is 6.88. The average molecular weight is 217 g/mol. The lowest BCUT2D eigenvalue weighted by Crippen LogP contribution is -2.16. The molecule has 0 amide bonds. The maximum Gasteiger partial charge on any atom is 0.416 e. The lowest BCUT2D eigenvalue weighted by molar-refractivity contribution is -0.138. The van der Waals surface area contributed by atoms with Gasteiger partial charge in [-0.05, 0) is 38.1 Å². The Morgan fingerprint density at radius 2 is 1.87 bits per heavy atom. The van der Waals surface area contributed by atoms with Crippen LogP contribution in [-0.2, 0) is 6.18 Å². The number of halogens is 3. The lowest BCUT2D eigenvalue weighted by Gasteiger charge is -2.18. The minimum atomic E-state index is -4.27. The molecule has 0 saturated carbocycles. The Kier molecular flexibility index (Phi) is 3.39. The molecule has 0 aromatic heterocycles. The van der Waals surface area contributed by atoms with Gasteiger partial charge in [-0.15, -0.1) is 0 Å². The summed E-state index contributed by atoms with van der Waals surface area (Å²) in [7, 11) is 1.73. The van der Waals surface area contributed by atoms with Gasteiger partial charge in [0.1, 0.15) is 0 Å². The van der Waals surface area contributed by atoms with Crippen LogP contribution in [0.3, 0.4) is 0 Å². The van der Waals surface area contributed by atoms with Crippen LogP contribution in [0.1, 0.15) is 29.7 Å². The maximum atomic E-state index is 12.6. The van der Waals surface area contributed by atoms with Crippen LogP contribution in [-0.4, -0.2) is 7.05 Å². The van der Waals surface area contributed by atoms with E-state index in [0.29, 0.717) is 11.1 Å². The molecule has 0 unspecified atom stereocenters. The van der Waals surface area contributed by atoms with E-state index in [1.165, 1.54) is 13.0 Å². The Morgan fingerprint density at radius 3 is 2.33 bits per heavy atom. The Hall–Kier alpha value is -1.03. The Bertz CT molecular complexity index is 344.